The van der Waals surface area contributed by atoms with E-state index >= 15 is 0 Å². The molecule has 2 aromatic carbocycles. The lowest BCUT2D eigenvalue weighted by Crippen LogP contribution is -2.49. The first-order valence-corrected chi connectivity index (χ1v) is 14.6. The van der Waals surface area contributed by atoms with Crippen LogP contribution in [0.4, 0.5) is 8.78 Å². The molecule has 10 nitrogen and oxygen atoms in total. The van der Waals surface area contributed by atoms with Crippen molar-refractivity contribution in [1.82, 2.24) is 15.5 Å². The molecule has 2 fully saturated rings. The second-order valence-corrected chi connectivity index (χ2v) is 11.7. The van der Waals surface area contributed by atoms with Crippen LogP contribution < -0.4 is 16.4 Å². The third-order valence-corrected chi connectivity index (χ3v) is 8.94. The van der Waals surface area contributed by atoms with Crippen LogP contribution >= 0.6 is 11.3 Å². The molecule has 3 amide bonds. The van der Waals surface area contributed by atoms with Gasteiger partial charge in [-0.1, -0.05) is 30.3 Å². The Balaban J connectivity index is 1.10. The van der Waals surface area contributed by atoms with Crippen LogP contribution in [0.3, 0.4) is 0 Å². The van der Waals surface area contributed by atoms with Gasteiger partial charge in [0.25, 0.3) is 11.8 Å². The molecule has 0 bridgehead atoms. The maximum atomic E-state index is 14.9. The van der Waals surface area contributed by atoms with E-state index in [-0.39, 0.29) is 47.0 Å². The van der Waals surface area contributed by atoms with Crippen LogP contribution in [0.2, 0.25) is 0 Å². The molecule has 1 atom stereocenters. The molecule has 2 aliphatic heterocycles. The molecule has 3 aliphatic rings. The Kier molecular flexibility index (Phi) is 7.48. The summed E-state index contributed by atoms with van der Waals surface area (Å²) in [4.78, 5) is 41.8. The van der Waals surface area contributed by atoms with Crippen LogP contribution in [0.15, 0.2) is 53.9 Å². The minimum Gasteiger partial charge on any atom is -0.384 e. The molecule has 0 unspecified atom stereocenters. The predicted molar refractivity (Wildman–Crippen MR) is 154 cm³/mol. The van der Waals surface area contributed by atoms with Crippen LogP contribution in [-0.2, 0) is 31.4 Å². The number of amidine groups is 1. The number of ether oxygens (including phenoxy) is 2. The smallest absolute Gasteiger partial charge is 0.299 e. The molecule has 3 heterocycles. The van der Waals surface area contributed by atoms with Gasteiger partial charge in [-0.25, -0.2) is 0 Å². The van der Waals surface area contributed by atoms with Gasteiger partial charge in [0.2, 0.25) is 11.8 Å². The van der Waals surface area contributed by atoms with Gasteiger partial charge < -0.3 is 30.7 Å². The molecule has 13 heteroatoms. The van der Waals surface area contributed by atoms with Crippen LogP contribution in [0, 0.1) is 5.41 Å². The topological polar surface area (TPSA) is 147 Å². The Labute approximate surface area is 249 Å². The van der Waals surface area contributed by atoms with Gasteiger partial charge in [0, 0.05) is 45.5 Å². The van der Waals surface area contributed by atoms with Crippen molar-refractivity contribution < 1.29 is 32.6 Å². The van der Waals surface area contributed by atoms with Gasteiger partial charge in [0.05, 0.1) is 26.3 Å². The van der Waals surface area contributed by atoms with Crippen LogP contribution in [0.25, 0.3) is 11.1 Å². The lowest BCUT2D eigenvalue weighted by Gasteiger charge is -2.24. The van der Waals surface area contributed by atoms with Gasteiger partial charge in [-0.2, -0.15) is 8.78 Å². The van der Waals surface area contributed by atoms with E-state index in [4.69, 9.17) is 20.6 Å². The second-order valence-electron chi connectivity index (χ2n) is 10.7. The lowest BCUT2D eigenvalue weighted by molar-refractivity contribution is -0.152. The number of benzene rings is 2. The molecule has 1 aliphatic carbocycles. The fourth-order valence-electron chi connectivity index (χ4n) is 5.80. The number of amides is 3. The number of carbonyl (C=O) groups is 3. The second kappa shape index (κ2) is 11.1. The number of hydrogen-bond acceptors (Lipinski definition) is 7. The lowest BCUT2D eigenvalue weighted by atomic mass is 10.0. The molecule has 43 heavy (non-hydrogen) atoms. The summed E-state index contributed by atoms with van der Waals surface area (Å²) in [5.74, 6) is -5.77. The summed E-state index contributed by atoms with van der Waals surface area (Å²) in [5, 5.41) is 14.7. The average Bonchev–Trinajstić information content (AvgIpc) is 3.79. The molecule has 2 saturated heterocycles. The number of rotatable bonds is 8. The third-order valence-electron chi connectivity index (χ3n) is 7.94. The van der Waals surface area contributed by atoms with Crippen molar-refractivity contribution in [3.05, 3.63) is 81.0 Å². The molecule has 1 spiro atoms. The largest absolute Gasteiger partial charge is 0.384 e. The molecule has 1 aromatic heterocycles. The zero-order chi connectivity index (χ0) is 30.4. The minimum atomic E-state index is -3.16. The van der Waals surface area contributed by atoms with Gasteiger partial charge in [-0.05, 0) is 35.7 Å². The van der Waals surface area contributed by atoms with Crippen molar-refractivity contribution in [1.29, 1.82) is 5.41 Å². The van der Waals surface area contributed by atoms with E-state index in [0.717, 1.165) is 4.88 Å². The average molecular weight is 610 g/mol. The van der Waals surface area contributed by atoms with E-state index in [2.05, 4.69) is 10.6 Å². The quantitative estimate of drug-likeness (QED) is 0.228. The molecule has 0 saturated carbocycles. The fraction of sp³-hybridized carbons (Fsp3) is 0.333. The zero-order valence-electron chi connectivity index (χ0n) is 23.0. The highest BCUT2D eigenvalue weighted by atomic mass is 32.1. The van der Waals surface area contributed by atoms with E-state index in [1.54, 1.807) is 29.6 Å². The first-order valence-electron chi connectivity index (χ1n) is 13.8. The van der Waals surface area contributed by atoms with Gasteiger partial charge in [0.15, 0.2) is 5.79 Å². The number of carbonyl (C=O) groups excluding carboxylic acids is 3. The van der Waals surface area contributed by atoms with E-state index in [1.807, 2.05) is 0 Å². The van der Waals surface area contributed by atoms with Crippen LogP contribution in [0.5, 0.6) is 0 Å². The maximum Gasteiger partial charge on any atom is 0.299 e. The Hall–Kier alpha value is -4.20. The first-order chi connectivity index (χ1) is 20.6. The summed E-state index contributed by atoms with van der Waals surface area (Å²) in [7, 11) is 0. The summed E-state index contributed by atoms with van der Waals surface area (Å²) in [6.07, 6.45) is 0.667. The van der Waals surface area contributed by atoms with Crippen molar-refractivity contribution in [2.24, 2.45) is 5.73 Å². The number of nitrogens with zero attached hydrogens (tertiary/aromatic N) is 1. The summed E-state index contributed by atoms with van der Waals surface area (Å²) in [5.41, 5.74) is 6.62. The summed E-state index contributed by atoms with van der Waals surface area (Å²) < 4.78 is 41.3. The zero-order valence-corrected chi connectivity index (χ0v) is 23.8. The van der Waals surface area contributed by atoms with Crippen molar-refractivity contribution in [3.8, 4) is 11.1 Å². The van der Waals surface area contributed by atoms with E-state index in [9.17, 15) is 23.2 Å². The van der Waals surface area contributed by atoms with Gasteiger partial charge >= 0.3 is 0 Å². The predicted octanol–water partition coefficient (Wildman–Crippen LogP) is 2.59. The standard InChI is InChI=1S/C30H29F2N5O5S/c31-30(32)22-4-2-1-3-20(22)21-12-17(5-6-23(21)30)27(39)36-14-25(38)37-16-29(41-9-10-42-29)13-24(37)28(40)35-8-7-19-11-18(15-43-19)26(33)34/h1-6,11-12,15,24H,7-10,13-14,16H2,(H3,33,34)(H,35,40)(H,36,39)/t24-/m0/s1. The van der Waals surface area contributed by atoms with E-state index in [0.29, 0.717) is 37.3 Å². The Morgan fingerprint density at radius 3 is 2.51 bits per heavy atom. The fourth-order valence-corrected chi connectivity index (χ4v) is 6.69. The number of alkyl halides is 2. The highest BCUT2D eigenvalue weighted by Crippen LogP contribution is 2.50. The number of nitrogens with one attached hydrogen (secondary N) is 3. The van der Waals surface area contributed by atoms with Crippen molar-refractivity contribution in [2.75, 3.05) is 32.8 Å². The SMILES string of the molecule is N=C(N)c1csc(CCNC(=O)[C@@H]2CC3(CN2C(=O)CNC(=O)c2ccc4c(c2)-c2ccccc2C4(F)F)OCCO3)c1. The number of likely N-dealkylation sites (tertiary alicyclic amines) is 1. The van der Waals surface area contributed by atoms with Crippen LogP contribution in [0.1, 0.15) is 38.3 Å². The molecular weight excluding hydrogens is 580 g/mol. The summed E-state index contributed by atoms with van der Waals surface area (Å²) >= 11 is 1.44. The van der Waals surface area contributed by atoms with E-state index in [1.165, 1.54) is 40.5 Å². The van der Waals surface area contributed by atoms with Crippen LogP contribution in [-0.4, -0.2) is 73.1 Å². The number of fused-ring (bicyclic) bond motifs is 3. The summed E-state index contributed by atoms with van der Waals surface area (Å²) in [6, 6.07) is 11.0. The Bertz CT molecular complexity index is 1620. The van der Waals surface area contributed by atoms with Crippen molar-refractivity contribution in [3.63, 3.8) is 0 Å². The maximum absolute atomic E-state index is 14.9. The first kappa shape index (κ1) is 28.9. The van der Waals surface area contributed by atoms with Gasteiger partial charge in [-0.15, -0.1) is 11.3 Å². The normalized spacial score (nSPS) is 19.2. The number of nitrogen functional groups attached to an aromatic ring is 1. The molecule has 0 radical (unpaired) electrons. The minimum absolute atomic E-state index is 0.0244. The molecule has 224 valence electrons. The van der Waals surface area contributed by atoms with E-state index < -0.39 is 36.1 Å². The Morgan fingerprint density at radius 2 is 1.77 bits per heavy atom. The van der Waals surface area contributed by atoms with Crippen molar-refractivity contribution >= 4 is 34.9 Å². The summed E-state index contributed by atoms with van der Waals surface area (Å²) in [6.45, 7) is 0.596. The number of halogens is 2. The number of hydrogen-bond donors (Lipinski definition) is 4. The van der Waals surface area contributed by atoms with Gasteiger partial charge in [0.1, 0.15) is 11.9 Å². The third kappa shape index (κ3) is 5.39. The molecule has 3 aromatic rings. The van der Waals surface area contributed by atoms with Crippen molar-refractivity contribution in [2.45, 2.75) is 30.6 Å². The highest BCUT2D eigenvalue weighted by molar-refractivity contribution is 7.10. The highest BCUT2D eigenvalue weighted by Gasteiger charge is 2.52. The molecule has 6 rings (SSSR count). The van der Waals surface area contributed by atoms with Gasteiger partial charge in [-0.3, -0.25) is 19.8 Å². The molecular formula is C30H29F2N5O5S. The molecule has 5 N–H and O–H groups in total. The number of nitrogens with two attached hydrogens (primary N) is 1. The monoisotopic (exact) mass is 609 g/mol. The number of thiophene rings is 1. The Morgan fingerprint density at radius 1 is 1.02 bits per heavy atom.